The van der Waals surface area contributed by atoms with E-state index in [4.69, 9.17) is 11.5 Å². The molecule has 4 heteroatoms. The number of fused-ring (bicyclic) bond motifs is 6. The number of nitrogen functional groups attached to an aromatic ring is 2. The third-order valence-electron chi connectivity index (χ3n) is 3.95. The summed E-state index contributed by atoms with van der Waals surface area (Å²) in [5.41, 5.74) is 18.6. The average Bonchev–Trinajstić information content (AvgIpc) is 2.37. The van der Waals surface area contributed by atoms with Gasteiger partial charge in [0.25, 0.3) is 0 Å². The zero-order valence-corrected chi connectivity index (χ0v) is 10.6. The molecule has 0 amide bonds. The van der Waals surface area contributed by atoms with Crippen LogP contribution in [0.25, 0.3) is 0 Å². The van der Waals surface area contributed by atoms with E-state index >= 15 is 0 Å². The predicted octanol–water partition coefficient (Wildman–Crippen LogP) is 2.15. The van der Waals surface area contributed by atoms with E-state index in [1.807, 2.05) is 12.1 Å². The molecular weight excluding hydrogens is 236 g/mol. The quantitative estimate of drug-likeness (QED) is 0.705. The highest BCUT2D eigenvalue weighted by Crippen LogP contribution is 2.38. The van der Waals surface area contributed by atoms with E-state index in [-0.39, 0.29) is 0 Å². The van der Waals surface area contributed by atoms with Gasteiger partial charge in [0.2, 0.25) is 0 Å². The highest BCUT2D eigenvalue weighted by atomic mass is 15.4. The Morgan fingerprint density at radius 1 is 0.737 bits per heavy atom. The Balaban J connectivity index is 1.83. The Morgan fingerprint density at radius 2 is 1.21 bits per heavy atom. The highest BCUT2D eigenvalue weighted by molar-refractivity contribution is 5.71. The molecule has 0 atom stereocenters. The van der Waals surface area contributed by atoms with Gasteiger partial charge >= 0.3 is 0 Å². The molecule has 4 rings (SSSR count). The van der Waals surface area contributed by atoms with Crippen LogP contribution in [-0.2, 0) is 13.1 Å². The van der Waals surface area contributed by atoms with E-state index in [9.17, 15) is 0 Å². The van der Waals surface area contributed by atoms with Crippen molar-refractivity contribution in [2.24, 2.45) is 0 Å². The summed E-state index contributed by atoms with van der Waals surface area (Å²) in [5, 5.41) is 0. The van der Waals surface area contributed by atoms with Gasteiger partial charge in [-0.05, 0) is 47.5 Å². The number of anilines is 4. The molecule has 0 saturated carbocycles. The van der Waals surface area contributed by atoms with Crippen molar-refractivity contribution in [3.63, 3.8) is 0 Å². The van der Waals surface area contributed by atoms with E-state index < -0.39 is 0 Å². The standard InChI is InChI=1S/C15H16N4/c16-12-1-3-14-10(5-12)7-19-9-18(14)8-11-6-13(17)2-4-15(11)19/h1-6H,7-9,16-17H2. The molecule has 0 spiro atoms. The van der Waals surface area contributed by atoms with E-state index in [2.05, 4.69) is 34.1 Å². The van der Waals surface area contributed by atoms with Crippen molar-refractivity contribution < 1.29 is 0 Å². The molecule has 0 saturated heterocycles. The van der Waals surface area contributed by atoms with E-state index in [0.29, 0.717) is 0 Å². The maximum Gasteiger partial charge on any atom is 0.0910 e. The van der Waals surface area contributed by atoms with Crippen molar-refractivity contribution in [2.45, 2.75) is 13.1 Å². The first-order chi connectivity index (χ1) is 9.20. The van der Waals surface area contributed by atoms with Gasteiger partial charge in [0.05, 0.1) is 6.67 Å². The second-order valence-electron chi connectivity index (χ2n) is 5.31. The van der Waals surface area contributed by atoms with Crippen LogP contribution in [0.15, 0.2) is 36.4 Å². The number of nitrogens with two attached hydrogens (primary N) is 2. The summed E-state index contributed by atoms with van der Waals surface area (Å²) in [6, 6.07) is 12.4. The van der Waals surface area contributed by atoms with Gasteiger partial charge in [0.1, 0.15) is 0 Å². The summed E-state index contributed by atoms with van der Waals surface area (Å²) in [4.78, 5) is 4.75. The second kappa shape index (κ2) is 3.57. The first kappa shape index (κ1) is 10.6. The lowest BCUT2D eigenvalue weighted by molar-refractivity contribution is 0.651. The Hall–Kier alpha value is -2.36. The smallest absolute Gasteiger partial charge is 0.0910 e. The highest BCUT2D eigenvalue weighted by Gasteiger charge is 2.29. The van der Waals surface area contributed by atoms with Gasteiger partial charge in [-0.2, -0.15) is 0 Å². The number of hydrogen-bond donors (Lipinski definition) is 2. The fraction of sp³-hybridized carbons (Fsp3) is 0.200. The minimum absolute atomic E-state index is 0.832. The maximum atomic E-state index is 5.89. The minimum atomic E-state index is 0.832. The van der Waals surface area contributed by atoms with E-state index in [1.54, 1.807) is 0 Å². The SMILES string of the molecule is Nc1ccc2c(c1)CN1CN2Cc2cc(N)ccc21. The van der Waals surface area contributed by atoms with E-state index in [0.717, 1.165) is 31.1 Å². The van der Waals surface area contributed by atoms with Crippen LogP contribution in [0.5, 0.6) is 0 Å². The van der Waals surface area contributed by atoms with Crippen molar-refractivity contribution >= 4 is 22.7 Å². The van der Waals surface area contributed by atoms with Gasteiger partial charge in [-0.1, -0.05) is 0 Å². The van der Waals surface area contributed by atoms with Gasteiger partial charge in [-0.15, -0.1) is 0 Å². The maximum absolute atomic E-state index is 5.89. The largest absolute Gasteiger partial charge is 0.399 e. The Labute approximate surface area is 112 Å². The molecular formula is C15H16N4. The number of hydrogen-bond acceptors (Lipinski definition) is 4. The molecule has 0 radical (unpaired) electrons. The van der Waals surface area contributed by atoms with E-state index in [1.165, 1.54) is 22.5 Å². The third-order valence-corrected chi connectivity index (χ3v) is 3.95. The van der Waals surface area contributed by atoms with Gasteiger partial charge < -0.3 is 21.3 Å². The molecule has 0 aliphatic carbocycles. The zero-order chi connectivity index (χ0) is 13.0. The van der Waals surface area contributed by atoms with Crippen molar-refractivity contribution in [2.75, 3.05) is 27.9 Å². The van der Waals surface area contributed by atoms with Gasteiger partial charge in [0.15, 0.2) is 0 Å². The average molecular weight is 252 g/mol. The summed E-state index contributed by atoms with van der Waals surface area (Å²) in [7, 11) is 0. The molecule has 2 aromatic rings. The molecule has 4 N–H and O–H groups in total. The molecule has 2 aliphatic heterocycles. The predicted molar refractivity (Wildman–Crippen MR) is 78.9 cm³/mol. The number of nitrogens with zero attached hydrogens (tertiary/aromatic N) is 2. The molecule has 0 unspecified atom stereocenters. The molecule has 2 aliphatic rings. The number of rotatable bonds is 0. The molecule has 2 bridgehead atoms. The summed E-state index contributed by atoms with van der Waals surface area (Å²) in [6.07, 6.45) is 0. The molecule has 4 nitrogen and oxygen atoms in total. The molecule has 96 valence electrons. The molecule has 0 fully saturated rings. The van der Waals surface area contributed by atoms with Crippen LogP contribution in [0.3, 0.4) is 0 Å². The number of benzene rings is 2. The normalized spacial score (nSPS) is 16.0. The lowest BCUT2D eigenvalue weighted by Crippen LogP contribution is -2.46. The van der Waals surface area contributed by atoms with Gasteiger partial charge in [-0.25, -0.2) is 0 Å². The molecule has 2 heterocycles. The van der Waals surface area contributed by atoms with Crippen LogP contribution in [0.4, 0.5) is 22.7 Å². The molecule has 2 aromatic carbocycles. The zero-order valence-electron chi connectivity index (χ0n) is 10.6. The fourth-order valence-corrected chi connectivity index (χ4v) is 3.12. The summed E-state index contributed by atoms with van der Waals surface area (Å²) in [6.45, 7) is 2.76. The topological polar surface area (TPSA) is 58.5 Å². The second-order valence-corrected chi connectivity index (χ2v) is 5.31. The van der Waals surface area contributed by atoms with Crippen molar-refractivity contribution in [1.82, 2.24) is 0 Å². The molecule has 19 heavy (non-hydrogen) atoms. The van der Waals surface area contributed by atoms with Crippen LogP contribution in [0.2, 0.25) is 0 Å². The fourth-order valence-electron chi connectivity index (χ4n) is 3.12. The first-order valence-corrected chi connectivity index (χ1v) is 6.47. The lowest BCUT2D eigenvalue weighted by atomic mass is 10.0. The van der Waals surface area contributed by atoms with Crippen LogP contribution in [0.1, 0.15) is 11.1 Å². The monoisotopic (exact) mass is 252 g/mol. The van der Waals surface area contributed by atoms with Crippen LogP contribution in [-0.4, -0.2) is 6.67 Å². The first-order valence-electron chi connectivity index (χ1n) is 6.47. The Kier molecular flexibility index (Phi) is 1.98. The van der Waals surface area contributed by atoms with Crippen molar-refractivity contribution in [3.05, 3.63) is 47.5 Å². The van der Waals surface area contributed by atoms with Gasteiger partial charge in [0, 0.05) is 35.8 Å². The summed E-state index contributed by atoms with van der Waals surface area (Å²) < 4.78 is 0. The Bertz CT molecular complexity index is 608. The Morgan fingerprint density at radius 3 is 1.68 bits per heavy atom. The van der Waals surface area contributed by atoms with Gasteiger partial charge in [-0.3, -0.25) is 0 Å². The molecule has 0 aromatic heterocycles. The summed E-state index contributed by atoms with van der Waals surface area (Å²) >= 11 is 0. The van der Waals surface area contributed by atoms with Crippen LogP contribution in [0, 0.1) is 0 Å². The van der Waals surface area contributed by atoms with Crippen molar-refractivity contribution in [1.29, 1.82) is 0 Å². The summed E-state index contributed by atoms with van der Waals surface area (Å²) in [5.74, 6) is 0. The third kappa shape index (κ3) is 1.53. The van der Waals surface area contributed by atoms with Crippen LogP contribution >= 0.6 is 0 Å². The van der Waals surface area contributed by atoms with Crippen molar-refractivity contribution in [3.8, 4) is 0 Å². The minimum Gasteiger partial charge on any atom is -0.399 e. The lowest BCUT2D eigenvalue weighted by Gasteiger charge is -2.44. The van der Waals surface area contributed by atoms with Crippen LogP contribution < -0.4 is 21.3 Å².